The van der Waals surface area contributed by atoms with Crippen LogP contribution in [0.4, 0.5) is 5.69 Å². The average Bonchev–Trinajstić information content (AvgIpc) is 3.03. The van der Waals surface area contributed by atoms with Crippen molar-refractivity contribution in [2.24, 2.45) is 5.92 Å². The normalized spacial score (nSPS) is 17.5. The Hall–Kier alpha value is -2.14. The number of nitrogens with zero attached hydrogens (tertiary/aromatic N) is 1. The molecule has 1 fully saturated rings. The Morgan fingerprint density at radius 3 is 2.86 bits per heavy atom. The summed E-state index contributed by atoms with van der Waals surface area (Å²) in [5.41, 5.74) is 1.79. The lowest BCUT2D eigenvalue weighted by Crippen LogP contribution is -2.31. The maximum atomic E-state index is 12.2. The number of para-hydroxylation sites is 1. The largest absolute Gasteiger partial charge is 0.371 e. The number of rotatable bonds is 4. The van der Waals surface area contributed by atoms with Crippen LogP contribution in [0.3, 0.4) is 0 Å². The Kier molecular flexibility index (Phi) is 4.53. The van der Waals surface area contributed by atoms with Crippen molar-refractivity contribution in [2.75, 3.05) is 24.5 Å². The highest BCUT2D eigenvalue weighted by molar-refractivity contribution is 7.71. The van der Waals surface area contributed by atoms with Crippen LogP contribution in [0.25, 0.3) is 0 Å². The van der Waals surface area contributed by atoms with E-state index in [9.17, 15) is 4.79 Å². The van der Waals surface area contributed by atoms with Gasteiger partial charge in [-0.05, 0) is 36.6 Å². The predicted molar refractivity (Wildman–Crippen MR) is 90.7 cm³/mol. The van der Waals surface area contributed by atoms with E-state index in [1.54, 1.807) is 18.3 Å². The van der Waals surface area contributed by atoms with Crippen molar-refractivity contribution >= 4 is 23.8 Å². The fourth-order valence-corrected chi connectivity index (χ4v) is 3.03. The molecule has 1 amide bonds. The maximum absolute atomic E-state index is 12.2. The third-order valence-corrected chi connectivity index (χ3v) is 4.36. The Labute approximate surface area is 135 Å². The molecule has 2 heterocycles. The highest BCUT2D eigenvalue weighted by Gasteiger charge is 2.23. The van der Waals surface area contributed by atoms with Gasteiger partial charge in [-0.15, -0.1) is 0 Å². The Morgan fingerprint density at radius 1 is 1.27 bits per heavy atom. The third-order valence-electron chi connectivity index (χ3n) is 4.02. The van der Waals surface area contributed by atoms with Gasteiger partial charge >= 0.3 is 0 Å². The van der Waals surface area contributed by atoms with E-state index in [0.29, 0.717) is 22.7 Å². The Balaban J connectivity index is 1.54. The first-order valence-corrected chi connectivity index (χ1v) is 7.91. The first-order valence-electron chi connectivity index (χ1n) is 7.50. The van der Waals surface area contributed by atoms with Crippen LogP contribution in [0.15, 0.2) is 48.7 Å². The molecule has 2 N–H and O–H groups in total. The van der Waals surface area contributed by atoms with Crippen molar-refractivity contribution in [1.29, 1.82) is 0 Å². The zero-order chi connectivity index (χ0) is 15.4. The first-order chi connectivity index (χ1) is 10.7. The van der Waals surface area contributed by atoms with E-state index >= 15 is 0 Å². The zero-order valence-electron chi connectivity index (χ0n) is 12.3. The van der Waals surface area contributed by atoms with Gasteiger partial charge in [-0.3, -0.25) is 4.79 Å². The SMILES string of the molecule is O=C(NCC1CCN(c2ccccc2)C1)c1ccc[nH]c1=S. The molecule has 0 radical (unpaired) electrons. The first kappa shape index (κ1) is 14.8. The molecule has 0 aliphatic carbocycles. The van der Waals surface area contributed by atoms with Gasteiger partial charge in [-0.25, -0.2) is 0 Å². The van der Waals surface area contributed by atoms with E-state index in [1.807, 2.05) is 6.07 Å². The summed E-state index contributed by atoms with van der Waals surface area (Å²) in [6, 6.07) is 13.9. The average molecular weight is 313 g/mol. The molecule has 1 aliphatic rings. The molecule has 0 spiro atoms. The van der Waals surface area contributed by atoms with Crippen molar-refractivity contribution < 1.29 is 4.79 Å². The molecule has 1 aliphatic heterocycles. The molecular weight excluding hydrogens is 294 g/mol. The monoisotopic (exact) mass is 313 g/mol. The maximum Gasteiger partial charge on any atom is 0.254 e. The zero-order valence-corrected chi connectivity index (χ0v) is 13.1. The number of aromatic nitrogens is 1. The van der Waals surface area contributed by atoms with E-state index in [2.05, 4.69) is 39.5 Å². The van der Waals surface area contributed by atoms with Gasteiger partial charge in [0.1, 0.15) is 4.64 Å². The molecule has 4 nitrogen and oxygen atoms in total. The fraction of sp³-hybridized carbons (Fsp3) is 0.294. The van der Waals surface area contributed by atoms with E-state index < -0.39 is 0 Å². The molecule has 1 unspecified atom stereocenters. The smallest absolute Gasteiger partial charge is 0.254 e. The number of anilines is 1. The number of carbonyl (C=O) groups excluding carboxylic acids is 1. The van der Waals surface area contributed by atoms with Gasteiger partial charge < -0.3 is 15.2 Å². The van der Waals surface area contributed by atoms with Crippen molar-refractivity contribution in [3.8, 4) is 0 Å². The quantitative estimate of drug-likeness (QED) is 0.853. The van der Waals surface area contributed by atoms with Crippen LogP contribution in [0, 0.1) is 10.6 Å². The third kappa shape index (κ3) is 3.36. The molecule has 1 aromatic heterocycles. The minimum atomic E-state index is -0.0972. The van der Waals surface area contributed by atoms with E-state index in [4.69, 9.17) is 12.2 Å². The molecular formula is C17H19N3OS. The standard InChI is InChI=1S/C17H19N3OS/c21-16(15-7-4-9-18-17(15)22)19-11-13-8-10-20(12-13)14-5-2-1-3-6-14/h1-7,9,13H,8,10-12H2,(H,18,22)(H,19,21). The molecule has 3 rings (SSSR count). The minimum Gasteiger partial charge on any atom is -0.371 e. The lowest BCUT2D eigenvalue weighted by molar-refractivity contribution is 0.0947. The van der Waals surface area contributed by atoms with Crippen molar-refractivity contribution in [2.45, 2.75) is 6.42 Å². The van der Waals surface area contributed by atoms with Gasteiger partial charge in [0, 0.05) is 31.5 Å². The second-order valence-corrected chi connectivity index (χ2v) is 5.97. The van der Waals surface area contributed by atoms with Crippen molar-refractivity contribution in [3.05, 3.63) is 58.9 Å². The number of hydrogen-bond acceptors (Lipinski definition) is 3. The van der Waals surface area contributed by atoms with Crippen LogP contribution in [0.5, 0.6) is 0 Å². The summed E-state index contributed by atoms with van der Waals surface area (Å²) in [5.74, 6) is 0.380. The van der Waals surface area contributed by atoms with Gasteiger partial charge in [-0.1, -0.05) is 30.4 Å². The summed E-state index contributed by atoms with van der Waals surface area (Å²) >= 11 is 5.14. The number of nitrogens with one attached hydrogen (secondary N) is 2. The van der Waals surface area contributed by atoms with Gasteiger partial charge in [0.05, 0.1) is 5.56 Å². The summed E-state index contributed by atoms with van der Waals surface area (Å²) in [4.78, 5) is 17.4. The van der Waals surface area contributed by atoms with Crippen LogP contribution in [0.1, 0.15) is 16.8 Å². The van der Waals surface area contributed by atoms with Gasteiger partial charge in [0.2, 0.25) is 0 Å². The Morgan fingerprint density at radius 2 is 2.09 bits per heavy atom. The molecule has 1 saturated heterocycles. The number of amides is 1. The lowest BCUT2D eigenvalue weighted by Gasteiger charge is -2.18. The van der Waals surface area contributed by atoms with Gasteiger partial charge in [0.15, 0.2) is 0 Å². The second-order valence-electron chi connectivity index (χ2n) is 5.56. The van der Waals surface area contributed by atoms with Crippen LogP contribution < -0.4 is 10.2 Å². The number of aromatic amines is 1. The molecule has 1 atom stereocenters. The minimum absolute atomic E-state index is 0.0972. The summed E-state index contributed by atoms with van der Waals surface area (Å²) in [6.07, 6.45) is 2.82. The van der Waals surface area contributed by atoms with Gasteiger partial charge in [-0.2, -0.15) is 0 Å². The topological polar surface area (TPSA) is 48.1 Å². The molecule has 114 valence electrons. The summed E-state index contributed by atoms with van der Waals surface area (Å²) in [7, 11) is 0. The van der Waals surface area contributed by atoms with E-state index in [0.717, 1.165) is 19.5 Å². The molecule has 0 bridgehead atoms. The number of carbonyl (C=O) groups is 1. The lowest BCUT2D eigenvalue weighted by atomic mass is 10.1. The second kappa shape index (κ2) is 6.75. The molecule has 0 saturated carbocycles. The van der Waals surface area contributed by atoms with Crippen LogP contribution in [-0.2, 0) is 0 Å². The van der Waals surface area contributed by atoms with Crippen LogP contribution in [0.2, 0.25) is 0 Å². The summed E-state index contributed by atoms with van der Waals surface area (Å²) in [5, 5.41) is 3.00. The highest BCUT2D eigenvalue weighted by atomic mass is 32.1. The van der Waals surface area contributed by atoms with Crippen LogP contribution >= 0.6 is 12.2 Å². The van der Waals surface area contributed by atoms with E-state index in [1.165, 1.54) is 5.69 Å². The number of hydrogen-bond donors (Lipinski definition) is 2. The molecule has 5 heteroatoms. The highest BCUT2D eigenvalue weighted by Crippen LogP contribution is 2.22. The summed E-state index contributed by atoms with van der Waals surface area (Å²) < 4.78 is 0.484. The summed E-state index contributed by atoms with van der Waals surface area (Å²) in [6.45, 7) is 2.70. The molecule has 2 aromatic rings. The molecule has 22 heavy (non-hydrogen) atoms. The Bertz CT molecular complexity index is 698. The number of H-pyrrole nitrogens is 1. The van der Waals surface area contributed by atoms with E-state index in [-0.39, 0.29) is 5.91 Å². The van der Waals surface area contributed by atoms with Crippen molar-refractivity contribution in [1.82, 2.24) is 10.3 Å². The number of pyridine rings is 1. The fourth-order valence-electron chi connectivity index (χ4n) is 2.81. The van der Waals surface area contributed by atoms with Crippen LogP contribution in [-0.4, -0.2) is 30.5 Å². The predicted octanol–water partition coefficient (Wildman–Crippen LogP) is 3.00. The van der Waals surface area contributed by atoms with Gasteiger partial charge in [0.25, 0.3) is 5.91 Å². The van der Waals surface area contributed by atoms with Crippen molar-refractivity contribution in [3.63, 3.8) is 0 Å². The molecule has 1 aromatic carbocycles. The number of benzene rings is 1.